The monoisotopic (exact) mass is 571 g/mol. The minimum Gasteiger partial charge on any atom is -0.493 e. The van der Waals surface area contributed by atoms with Crippen molar-refractivity contribution in [3.05, 3.63) is 41.3 Å². The number of nitrogens with one attached hydrogen (secondary N) is 1. The van der Waals surface area contributed by atoms with Crippen LogP contribution in [0.25, 0.3) is 0 Å². The number of halogens is 1. The number of aryl methyl sites for hydroxylation is 1. The van der Waals surface area contributed by atoms with Crippen LogP contribution in [0.15, 0.2) is 33.8 Å². The number of ether oxygens (including phenoxy) is 2. The first-order chi connectivity index (χ1) is 15.4. The molecular formula is C24H38IN5O3. The maximum atomic E-state index is 5.49. The predicted molar refractivity (Wildman–Crippen MR) is 142 cm³/mol. The summed E-state index contributed by atoms with van der Waals surface area (Å²) in [6.07, 6.45) is 0. The van der Waals surface area contributed by atoms with Gasteiger partial charge in [-0.15, -0.1) is 24.0 Å². The van der Waals surface area contributed by atoms with Crippen LogP contribution in [0.2, 0.25) is 0 Å². The molecule has 1 N–H and O–H groups in total. The molecule has 0 spiro atoms. The average molecular weight is 572 g/mol. The van der Waals surface area contributed by atoms with Crippen LogP contribution >= 0.6 is 24.0 Å². The Hall–Kier alpha value is -2.01. The maximum Gasteiger partial charge on any atom is 0.194 e. The van der Waals surface area contributed by atoms with Crippen LogP contribution < -0.4 is 14.8 Å². The standard InChI is InChI=1S/C24H37N5O3.HI/c1-7-25-23(29-12-10-28(11-13-29)16-20-14-18(2)32-27-20)26-17-24(3,4)19-8-9-21(30-5)22(15-19)31-6;/h8-9,14-15H,7,10-13,16-17H2,1-6H3,(H,25,26);1H. The van der Waals surface area contributed by atoms with Gasteiger partial charge in [-0.2, -0.15) is 0 Å². The molecule has 0 radical (unpaired) electrons. The Labute approximate surface area is 214 Å². The zero-order valence-corrected chi connectivity index (χ0v) is 23.0. The summed E-state index contributed by atoms with van der Waals surface area (Å²) in [6, 6.07) is 8.11. The molecule has 1 fully saturated rings. The third-order valence-electron chi connectivity index (χ3n) is 5.86. The van der Waals surface area contributed by atoms with Crippen LogP contribution in [0.1, 0.15) is 37.8 Å². The molecule has 1 aliphatic rings. The van der Waals surface area contributed by atoms with Crippen molar-refractivity contribution in [1.82, 2.24) is 20.3 Å². The minimum atomic E-state index is -0.146. The van der Waals surface area contributed by atoms with Gasteiger partial charge in [0, 0.05) is 50.7 Å². The van der Waals surface area contributed by atoms with Crippen molar-refractivity contribution >= 4 is 29.9 Å². The quantitative estimate of drug-likeness (QED) is 0.295. The van der Waals surface area contributed by atoms with Crippen molar-refractivity contribution in [2.24, 2.45) is 4.99 Å². The number of hydrogen-bond acceptors (Lipinski definition) is 6. The number of nitrogens with zero attached hydrogens (tertiary/aromatic N) is 4. The van der Waals surface area contributed by atoms with Crippen LogP contribution in [0.3, 0.4) is 0 Å². The third kappa shape index (κ3) is 7.23. The smallest absolute Gasteiger partial charge is 0.194 e. The summed E-state index contributed by atoms with van der Waals surface area (Å²) in [4.78, 5) is 9.76. The number of piperazine rings is 1. The van der Waals surface area contributed by atoms with E-state index in [0.717, 1.165) is 68.2 Å². The van der Waals surface area contributed by atoms with E-state index in [-0.39, 0.29) is 29.4 Å². The van der Waals surface area contributed by atoms with Gasteiger partial charge in [-0.05, 0) is 31.5 Å². The number of methoxy groups -OCH3 is 2. The van der Waals surface area contributed by atoms with Crippen molar-refractivity contribution < 1.29 is 14.0 Å². The fraction of sp³-hybridized carbons (Fsp3) is 0.583. The molecule has 184 valence electrons. The molecule has 8 nitrogen and oxygen atoms in total. The molecule has 0 saturated carbocycles. The number of guanidine groups is 1. The van der Waals surface area contributed by atoms with Gasteiger partial charge in [0.15, 0.2) is 17.5 Å². The van der Waals surface area contributed by atoms with E-state index in [2.05, 4.69) is 47.1 Å². The van der Waals surface area contributed by atoms with E-state index in [1.54, 1.807) is 14.2 Å². The molecule has 0 unspecified atom stereocenters. The summed E-state index contributed by atoms with van der Waals surface area (Å²) >= 11 is 0. The third-order valence-corrected chi connectivity index (χ3v) is 5.86. The van der Waals surface area contributed by atoms with Crippen molar-refractivity contribution in [3.8, 4) is 11.5 Å². The first-order valence-electron chi connectivity index (χ1n) is 11.3. The second-order valence-corrected chi connectivity index (χ2v) is 8.82. The molecular weight excluding hydrogens is 533 g/mol. The van der Waals surface area contributed by atoms with Crippen molar-refractivity contribution in [3.63, 3.8) is 0 Å². The first-order valence-corrected chi connectivity index (χ1v) is 11.3. The fourth-order valence-electron chi connectivity index (χ4n) is 3.89. The lowest BCUT2D eigenvalue weighted by molar-refractivity contribution is 0.169. The Bertz CT molecular complexity index is 907. The Kier molecular flexibility index (Phi) is 10.3. The molecule has 0 atom stereocenters. The van der Waals surface area contributed by atoms with Gasteiger partial charge in [0.1, 0.15) is 5.76 Å². The SMILES string of the molecule is CCNC(=NCC(C)(C)c1ccc(OC)c(OC)c1)N1CCN(Cc2cc(C)on2)CC1.I. The molecule has 2 heterocycles. The van der Waals surface area contributed by atoms with Gasteiger partial charge in [-0.25, -0.2) is 0 Å². The number of benzene rings is 1. The summed E-state index contributed by atoms with van der Waals surface area (Å²) in [7, 11) is 3.32. The molecule has 0 bridgehead atoms. The lowest BCUT2D eigenvalue weighted by Gasteiger charge is -2.36. The molecule has 2 aromatic rings. The Balaban J connectivity index is 0.00000385. The van der Waals surface area contributed by atoms with Gasteiger partial charge in [0.05, 0.1) is 26.5 Å². The highest BCUT2D eigenvalue weighted by Crippen LogP contribution is 2.33. The van der Waals surface area contributed by atoms with Gasteiger partial charge in [-0.1, -0.05) is 25.1 Å². The average Bonchev–Trinajstić information content (AvgIpc) is 3.21. The lowest BCUT2D eigenvalue weighted by Crippen LogP contribution is -2.52. The van der Waals surface area contributed by atoms with Gasteiger partial charge < -0.3 is 24.2 Å². The molecule has 9 heteroatoms. The van der Waals surface area contributed by atoms with E-state index in [1.165, 1.54) is 5.56 Å². The number of aliphatic imine (C=N–C) groups is 1. The van der Waals surface area contributed by atoms with E-state index in [1.807, 2.05) is 25.1 Å². The predicted octanol–water partition coefficient (Wildman–Crippen LogP) is 3.68. The van der Waals surface area contributed by atoms with E-state index in [0.29, 0.717) is 6.54 Å². The Morgan fingerprint density at radius 2 is 1.82 bits per heavy atom. The Morgan fingerprint density at radius 1 is 1.12 bits per heavy atom. The largest absolute Gasteiger partial charge is 0.493 e. The molecule has 1 aromatic heterocycles. The van der Waals surface area contributed by atoms with Crippen molar-refractivity contribution in [1.29, 1.82) is 0 Å². The Morgan fingerprint density at radius 3 is 2.39 bits per heavy atom. The molecule has 0 amide bonds. The number of rotatable bonds is 8. The maximum absolute atomic E-state index is 5.49. The van der Waals surface area contributed by atoms with Gasteiger partial charge >= 0.3 is 0 Å². The molecule has 3 rings (SSSR count). The molecule has 33 heavy (non-hydrogen) atoms. The van der Waals surface area contributed by atoms with E-state index in [4.69, 9.17) is 19.0 Å². The van der Waals surface area contributed by atoms with Crippen molar-refractivity contribution in [2.75, 3.05) is 53.5 Å². The minimum absolute atomic E-state index is 0. The second-order valence-electron chi connectivity index (χ2n) is 8.82. The van der Waals surface area contributed by atoms with Crippen LogP contribution in [0, 0.1) is 6.92 Å². The van der Waals surface area contributed by atoms with Crippen LogP contribution in [0.5, 0.6) is 11.5 Å². The molecule has 1 aliphatic heterocycles. The van der Waals surface area contributed by atoms with E-state index < -0.39 is 0 Å². The topological polar surface area (TPSA) is 75.4 Å². The number of hydrogen-bond donors (Lipinski definition) is 1. The van der Waals surface area contributed by atoms with Gasteiger partial charge in [0.2, 0.25) is 0 Å². The summed E-state index contributed by atoms with van der Waals surface area (Å²) in [5.41, 5.74) is 2.02. The van der Waals surface area contributed by atoms with Crippen LogP contribution in [-0.2, 0) is 12.0 Å². The fourth-order valence-corrected chi connectivity index (χ4v) is 3.89. The normalized spacial score (nSPS) is 15.2. The zero-order valence-electron chi connectivity index (χ0n) is 20.7. The highest BCUT2D eigenvalue weighted by atomic mass is 127. The summed E-state index contributed by atoms with van der Waals surface area (Å²) in [5.74, 6) is 3.31. The summed E-state index contributed by atoms with van der Waals surface area (Å²) in [5, 5.41) is 7.59. The first kappa shape index (κ1) is 27.2. The second kappa shape index (κ2) is 12.5. The summed E-state index contributed by atoms with van der Waals surface area (Å²) in [6.45, 7) is 14.6. The number of aromatic nitrogens is 1. The van der Waals surface area contributed by atoms with Crippen molar-refractivity contribution in [2.45, 2.75) is 39.7 Å². The zero-order chi connectivity index (χ0) is 23.1. The van der Waals surface area contributed by atoms with Gasteiger partial charge in [0.25, 0.3) is 0 Å². The van der Waals surface area contributed by atoms with Gasteiger partial charge in [-0.3, -0.25) is 9.89 Å². The van der Waals surface area contributed by atoms with Crippen LogP contribution in [0.4, 0.5) is 0 Å². The lowest BCUT2D eigenvalue weighted by atomic mass is 9.84. The summed E-state index contributed by atoms with van der Waals surface area (Å²) < 4.78 is 16.1. The molecule has 1 saturated heterocycles. The van der Waals surface area contributed by atoms with E-state index in [9.17, 15) is 0 Å². The molecule has 0 aliphatic carbocycles. The highest BCUT2D eigenvalue weighted by Gasteiger charge is 2.25. The molecule has 1 aromatic carbocycles. The van der Waals surface area contributed by atoms with E-state index >= 15 is 0 Å². The highest BCUT2D eigenvalue weighted by molar-refractivity contribution is 14.0. The van der Waals surface area contributed by atoms with Crippen LogP contribution in [-0.4, -0.2) is 74.4 Å².